The summed E-state index contributed by atoms with van der Waals surface area (Å²) in [5.41, 5.74) is -0.816. The first kappa shape index (κ1) is 14.2. The topological polar surface area (TPSA) is 78.4 Å². The second-order valence-electron chi connectivity index (χ2n) is 6.18. The van der Waals surface area contributed by atoms with E-state index in [-0.39, 0.29) is 18.1 Å². The molecule has 0 spiro atoms. The van der Waals surface area contributed by atoms with Crippen molar-refractivity contribution in [3.8, 4) is 0 Å². The van der Waals surface area contributed by atoms with E-state index in [0.29, 0.717) is 12.3 Å². The maximum Gasteiger partial charge on any atom is 0.315 e. The molecule has 0 aliphatic heterocycles. The molecule has 19 heavy (non-hydrogen) atoms. The molecule has 0 aromatic heterocycles. The smallest absolute Gasteiger partial charge is 0.315 e. The van der Waals surface area contributed by atoms with E-state index in [0.717, 1.165) is 32.1 Å². The van der Waals surface area contributed by atoms with E-state index in [1.165, 1.54) is 0 Å². The van der Waals surface area contributed by atoms with Gasteiger partial charge in [-0.15, -0.1) is 0 Å². The Balaban J connectivity index is 1.81. The highest BCUT2D eigenvalue weighted by Crippen LogP contribution is 2.38. The Kier molecular flexibility index (Phi) is 4.02. The molecule has 2 amide bonds. The number of carboxylic acid groups (broad SMARTS) is 1. The summed E-state index contributed by atoms with van der Waals surface area (Å²) in [6.45, 7) is 3.87. The van der Waals surface area contributed by atoms with Gasteiger partial charge in [-0.3, -0.25) is 4.79 Å². The summed E-state index contributed by atoms with van der Waals surface area (Å²) < 4.78 is 0. The van der Waals surface area contributed by atoms with Gasteiger partial charge in [0.2, 0.25) is 0 Å². The van der Waals surface area contributed by atoms with Crippen LogP contribution in [-0.2, 0) is 4.79 Å². The summed E-state index contributed by atoms with van der Waals surface area (Å²) in [6, 6.07) is -0.172. The zero-order valence-corrected chi connectivity index (χ0v) is 11.7. The van der Waals surface area contributed by atoms with Crippen molar-refractivity contribution in [3.05, 3.63) is 0 Å². The van der Waals surface area contributed by atoms with E-state index >= 15 is 0 Å². The van der Waals surface area contributed by atoms with E-state index in [1.54, 1.807) is 6.92 Å². The number of hydrogen-bond donors (Lipinski definition) is 3. The van der Waals surface area contributed by atoms with Crippen molar-refractivity contribution >= 4 is 12.0 Å². The van der Waals surface area contributed by atoms with Crippen LogP contribution < -0.4 is 10.6 Å². The van der Waals surface area contributed by atoms with Gasteiger partial charge in [0.15, 0.2) is 0 Å². The Morgan fingerprint density at radius 1 is 1.37 bits per heavy atom. The predicted octanol–water partition coefficient (Wildman–Crippen LogP) is 2.12. The maximum atomic E-state index is 11.9. The number of amides is 2. The van der Waals surface area contributed by atoms with Crippen LogP contribution in [0.5, 0.6) is 0 Å². The normalized spacial score (nSPS) is 36.8. The van der Waals surface area contributed by atoms with Crippen molar-refractivity contribution < 1.29 is 14.7 Å². The van der Waals surface area contributed by atoms with Gasteiger partial charge in [-0.2, -0.15) is 0 Å². The number of urea groups is 1. The van der Waals surface area contributed by atoms with Gasteiger partial charge in [0, 0.05) is 12.1 Å². The van der Waals surface area contributed by atoms with Crippen molar-refractivity contribution in [3.63, 3.8) is 0 Å². The van der Waals surface area contributed by atoms with Crippen LogP contribution in [0.25, 0.3) is 0 Å². The van der Waals surface area contributed by atoms with Gasteiger partial charge in [-0.05, 0) is 38.5 Å². The molecule has 2 rings (SSSR count). The molecule has 108 valence electrons. The molecule has 0 aromatic rings. The summed E-state index contributed by atoms with van der Waals surface area (Å²) in [4.78, 5) is 23.2. The number of carbonyl (C=O) groups is 2. The largest absolute Gasteiger partial charge is 0.481 e. The third-order valence-corrected chi connectivity index (χ3v) is 4.65. The van der Waals surface area contributed by atoms with E-state index in [1.807, 2.05) is 0 Å². The minimum absolute atomic E-state index is 0.206. The highest BCUT2D eigenvalue weighted by Gasteiger charge is 2.46. The van der Waals surface area contributed by atoms with Crippen molar-refractivity contribution in [2.45, 2.75) is 64.5 Å². The van der Waals surface area contributed by atoms with Gasteiger partial charge in [0.1, 0.15) is 0 Å². The number of nitrogens with one attached hydrogen (secondary N) is 2. The Morgan fingerprint density at radius 3 is 2.74 bits per heavy atom. The second kappa shape index (κ2) is 5.39. The van der Waals surface area contributed by atoms with Crippen molar-refractivity contribution in [2.24, 2.45) is 11.3 Å². The van der Waals surface area contributed by atoms with Crippen LogP contribution in [-0.4, -0.2) is 29.2 Å². The summed E-state index contributed by atoms with van der Waals surface area (Å²) in [5, 5.41) is 15.1. The zero-order chi connectivity index (χ0) is 14.0. The Morgan fingerprint density at radius 2 is 2.11 bits per heavy atom. The molecular weight excluding hydrogens is 244 g/mol. The third kappa shape index (κ3) is 3.01. The first-order valence-corrected chi connectivity index (χ1v) is 7.27. The number of carboxylic acids is 1. The number of carbonyl (C=O) groups excluding carboxylic acids is 1. The lowest BCUT2D eigenvalue weighted by atomic mass is 9.85. The standard InChI is InChI=1S/C14H24N2O3/c1-3-5-9-8-10(9)15-13(19)16-11-6-4-7-14(11,2)12(17)18/h9-11H,3-8H2,1-2H3,(H,17,18)(H2,15,16,19). The van der Waals surface area contributed by atoms with Gasteiger partial charge < -0.3 is 15.7 Å². The Hall–Kier alpha value is -1.26. The average molecular weight is 268 g/mol. The summed E-state index contributed by atoms with van der Waals surface area (Å²) in [6.07, 6.45) is 5.59. The van der Waals surface area contributed by atoms with E-state index in [4.69, 9.17) is 0 Å². The fourth-order valence-corrected chi connectivity index (χ4v) is 3.14. The molecule has 2 aliphatic rings. The lowest BCUT2D eigenvalue weighted by molar-refractivity contribution is -0.148. The molecule has 2 fully saturated rings. The molecule has 0 radical (unpaired) electrons. The molecule has 2 saturated carbocycles. The molecule has 0 aromatic carbocycles. The second-order valence-corrected chi connectivity index (χ2v) is 6.18. The minimum atomic E-state index is -0.816. The predicted molar refractivity (Wildman–Crippen MR) is 71.9 cm³/mol. The first-order chi connectivity index (χ1) is 8.97. The van der Waals surface area contributed by atoms with Gasteiger partial charge >= 0.3 is 12.0 Å². The first-order valence-electron chi connectivity index (χ1n) is 7.27. The lowest BCUT2D eigenvalue weighted by Gasteiger charge is -2.27. The van der Waals surface area contributed by atoms with Crippen LogP contribution in [0, 0.1) is 11.3 Å². The molecule has 3 N–H and O–H groups in total. The molecule has 5 nitrogen and oxygen atoms in total. The highest BCUT2D eigenvalue weighted by molar-refractivity contribution is 5.79. The molecule has 0 heterocycles. The molecule has 0 saturated heterocycles. The quantitative estimate of drug-likeness (QED) is 0.714. The maximum absolute atomic E-state index is 11.9. The number of hydrogen-bond acceptors (Lipinski definition) is 2. The van der Waals surface area contributed by atoms with Gasteiger partial charge in [-0.1, -0.05) is 19.8 Å². The van der Waals surface area contributed by atoms with E-state index < -0.39 is 11.4 Å². The van der Waals surface area contributed by atoms with Crippen LogP contribution in [0.3, 0.4) is 0 Å². The fourth-order valence-electron chi connectivity index (χ4n) is 3.14. The summed E-state index contributed by atoms with van der Waals surface area (Å²) >= 11 is 0. The summed E-state index contributed by atoms with van der Waals surface area (Å²) in [5.74, 6) is -0.198. The SMILES string of the molecule is CCCC1CC1NC(=O)NC1CCCC1(C)C(=O)O. The minimum Gasteiger partial charge on any atom is -0.481 e. The molecule has 4 atom stereocenters. The lowest BCUT2D eigenvalue weighted by Crippen LogP contribution is -2.50. The van der Waals surface area contributed by atoms with Crippen LogP contribution in [0.1, 0.15) is 52.4 Å². The average Bonchev–Trinajstić information content (AvgIpc) is 2.94. The molecule has 5 heteroatoms. The van der Waals surface area contributed by atoms with Crippen LogP contribution in [0.2, 0.25) is 0 Å². The van der Waals surface area contributed by atoms with Crippen molar-refractivity contribution in [1.29, 1.82) is 0 Å². The highest BCUT2D eigenvalue weighted by atomic mass is 16.4. The van der Waals surface area contributed by atoms with Crippen LogP contribution >= 0.6 is 0 Å². The van der Waals surface area contributed by atoms with Crippen molar-refractivity contribution in [1.82, 2.24) is 10.6 Å². The molecular formula is C14H24N2O3. The third-order valence-electron chi connectivity index (χ3n) is 4.65. The van der Waals surface area contributed by atoms with E-state index in [2.05, 4.69) is 17.6 Å². The monoisotopic (exact) mass is 268 g/mol. The van der Waals surface area contributed by atoms with Gasteiger partial charge in [0.25, 0.3) is 0 Å². The van der Waals surface area contributed by atoms with E-state index in [9.17, 15) is 14.7 Å². The Bertz CT molecular complexity index is 372. The fraction of sp³-hybridized carbons (Fsp3) is 0.857. The molecule has 4 unspecified atom stereocenters. The molecule has 2 aliphatic carbocycles. The zero-order valence-electron chi connectivity index (χ0n) is 11.7. The van der Waals surface area contributed by atoms with Gasteiger partial charge in [0.05, 0.1) is 5.41 Å². The van der Waals surface area contributed by atoms with Crippen LogP contribution in [0.15, 0.2) is 0 Å². The summed E-state index contributed by atoms with van der Waals surface area (Å²) in [7, 11) is 0. The van der Waals surface area contributed by atoms with Gasteiger partial charge in [-0.25, -0.2) is 4.79 Å². The Labute approximate surface area is 114 Å². The van der Waals surface area contributed by atoms with Crippen molar-refractivity contribution in [2.75, 3.05) is 0 Å². The number of aliphatic carboxylic acids is 1. The van der Waals surface area contributed by atoms with Crippen LogP contribution in [0.4, 0.5) is 4.79 Å². The molecule has 0 bridgehead atoms. The number of rotatable bonds is 5.